The van der Waals surface area contributed by atoms with E-state index in [1.807, 2.05) is 0 Å². The van der Waals surface area contributed by atoms with Crippen molar-refractivity contribution in [2.45, 2.75) is 12.7 Å². The molecule has 3 nitrogen and oxygen atoms in total. The molecule has 0 atom stereocenters. The highest BCUT2D eigenvalue weighted by Gasteiger charge is 2.34. The van der Waals surface area contributed by atoms with Gasteiger partial charge in [0.15, 0.2) is 0 Å². The molecule has 6 heteroatoms. The van der Waals surface area contributed by atoms with Crippen LogP contribution in [0.5, 0.6) is 0 Å². The zero-order chi connectivity index (χ0) is 10.3. The average Bonchev–Trinajstić information content (AvgIpc) is 2.46. The summed E-state index contributed by atoms with van der Waals surface area (Å²) >= 11 is 0. The first-order chi connectivity index (χ1) is 6.48. The zero-order valence-electron chi connectivity index (χ0n) is 6.85. The summed E-state index contributed by atoms with van der Waals surface area (Å²) in [7, 11) is 0. The third-order valence-electron chi connectivity index (χ3n) is 1.96. The van der Waals surface area contributed by atoms with Gasteiger partial charge in [-0.3, -0.25) is 9.78 Å². The smallest absolute Gasteiger partial charge is 0.348 e. The summed E-state index contributed by atoms with van der Waals surface area (Å²) in [5.41, 5.74) is -0.469. The summed E-state index contributed by atoms with van der Waals surface area (Å²) in [5, 5.41) is 2.42. The maximum Gasteiger partial charge on any atom is 0.433 e. The van der Waals surface area contributed by atoms with E-state index in [0.29, 0.717) is 5.56 Å². The number of hydrogen-bond acceptors (Lipinski definition) is 2. The monoisotopic (exact) mass is 202 g/mol. The molecule has 1 amide bonds. The minimum atomic E-state index is -4.50. The molecule has 0 saturated carbocycles. The van der Waals surface area contributed by atoms with Crippen LogP contribution in [0.3, 0.4) is 0 Å². The predicted octanol–water partition coefficient (Wildman–Crippen LogP) is 1.34. The molecule has 1 aliphatic heterocycles. The summed E-state index contributed by atoms with van der Waals surface area (Å²) in [4.78, 5) is 14.3. The molecule has 0 radical (unpaired) electrons. The Bertz CT molecular complexity index is 400. The molecule has 0 aromatic carbocycles. The summed E-state index contributed by atoms with van der Waals surface area (Å²) in [6, 6.07) is 0.775. The summed E-state index contributed by atoms with van der Waals surface area (Å²) in [5.74, 6) is -0.479. The molecule has 14 heavy (non-hydrogen) atoms. The molecule has 0 unspecified atom stereocenters. The SMILES string of the molecule is O=C1NCc2cnc(C(F)(F)F)cc21. The van der Waals surface area contributed by atoms with Gasteiger partial charge in [-0.15, -0.1) is 0 Å². The van der Waals surface area contributed by atoms with E-state index in [0.717, 1.165) is 12.3 Å². The van der Waals surface area contributed by atoms with Crippen molar-refractivity contribution >= 4 is 5.91 Å². The normalized spacial score (nSPS) is 15.2. The average molecular weight is 202 g/mol. The van der Waals surface area contributed by atoms with E-state index in [1.54, 1.807) is 0 Å². The van der Waals surface area contributed by atoms with Gasteiger partial charge in [-0.25, -0.2) is 0 Å². The van der Waals surface area contributed by atoms with Gasteiger partial charge in [-0.1, -0.05) is 0 Å². The number of pyridine rings is 1. The molecule has 1 N–H and O–H groups in total. The van der Waals surface area contributed by atoms with Gasteiger partial charge >= 0.3 is 6.18 Å². The van der Waals surface area contributed by atoms with Crippen LogP contribution in [0.1, 0.15) is 21.6 Å². The van der Waals surface area contributed by atoms with Crippen LogP contribution in [-0.2, 0) is 12.7 Å². The predicted molar refractivity (Wildman–Crippen MR) is 40.4 cm³/mol. The quantitative estimate of drug-likeness (QED) is 0.689. The van der Waals surface area contributed by atoms with Crippen molar-refractivity contribution in [2.75, 3.05) is 0 Å². The largest absolute Gasteiger partial charge is 0.433 e. The first-order valence-electron chi connectivity index (χ1n) is 3.83. The number of nitrogens with one attached hydrogen (secondary N) is 1. The Kier molecular flexibility index (Phi) is 1.73. The number of alkyl halides is 3. The van der Waals surface area contributed by atoms with Crippen LogP contribution in [0.4, 0.5) is 13.2 Å². The molecule has 0 fully saturated rings. The van der Waals surface area contributed by atoms with Crippen molar-refractivity contribution in [3.63, 3.8) is 0 Å². The Hall–Kier alpha value is -1.59. The van der Waals surface area contributed by atoms with Gasteiger partial charge in [0.2, 0.25) is 0 Å². The third kappa shape index (κ3) is 1.32. The van der Waals surface area contributed by atoms with Crippen molar-refractivity contribution < 1.29 is 18.0 Å². The van der Waals surface area contributed by atoms with E-state index in [9.17, 15) is 18.0 Å². The number of carbonyl (C=O) groups excluding carboxylic acids is 1. The molecule has 2 rings (SSSR count). The lowest BCUT2D eigenvalue weighted by Gasteiger charge is -2.05. The summed E-state index contributed by atoms with van der Waals surface area (Å²) < 4.78 is 36.6. The van der Waals surface area contributed by atoms with Crippen molar-refractivity contribution in [3.8, 4) is 0 Å². The number of rotatable bonds is 0. The highest BCUT2D eigenvalue weighted by atomic mass is 19.4. The second-order valence-corrected chi connectivity index (χ2v) is 2.91. The molecule has 0 aliphatic carbocycles. The first-order valence-corrected chi connectivity index (χ1v) is 3.83. The van der Waals surface area contributed by atoms with E-state index in [-0.39, 0.29) is 12.1 Å². The van der Waals surface area contributed by atoms with Crippen LogP contribution in [-0.4, -0.2) is 10.9 Å². The number of amides is 1. The molecule has 0 spiro atoms. The van der Waals surface area contributed by atoms with Crippen LogP contribution in [0, 0.1) is 0 Å². The Labute approximate surface area is 76.9 Å². The van der Waals surface area contributed by atoms with E-state index in [2.05, 4.69) is 10.3 Å². The van der Waals surface area contributed by atoms with Crippen molar-refractivity contribution in [2.24, 2.45) is 0 Å². The van der Waals surface area contributed by atoms with Gasteiger partial charge in [0.05, 0.1) is 0 Å². The summed E-state index contributed by atoms with van der Waals surface area (Å²) in [6.07, 6.45) is -3.42. The van der Waals surface area contributed by atoms with E-state index in [1.165, 1.54) is 0 Å². The lowest BCUT2D eigenvalue weighted by atomic mass is 10.1. The van der Waals surface area contributed by atoms with Gasteiger partial charge in [0.1, 0.15) is 5.69 Å². The number of halogens is 3. The lowest BCUT2D eigenvalue weighted by Crippen LogP contribution is -2.13. The van der Waals surface area contributed by atoms with Gasteiger partial charge in [-0.2, -0.15) is 13.2 Å². The first kappa shape index (κ1) is 8.98. The molecule has 0 saturated heterocycles. The van der Waals surface area contributed by atoms with Crippen molar-refractivity contribution in [3.05, 3.63) is 29.1 Å². The Balaban J connectivity index is 2.50. The van der Waals surface area contributed by atoms with Crippen LogP contribution in [0.15, 0.2) is 12.3 Å². The standard InChI is InChI=1S/C8H5F3N2O/c9-8(10,11)6-1-5-4(2-12-6)3-13-7(5)14/h1-2H,3H2,(H,13,14). The second kappa shape index (κ2) is 2.70. The maximum atomic E-state index is 12.2. The fraction of sp³-hybridized carbons (Fsp3) is 0.250. The number of hydrogen-bond donors (Lipinski definition) is 1. The fourth-order valence-electron chi connectivity index (χ4n) is 1.26. The molecule has 2 heterocycles. The Morgan fingerprint density at radius 2 is 2.14 bits per heavy atom. The molecule has 1 aromatic heterocycles. The number of nitrogens with zero attached hydrogens (tertiary/aromatic N) is 1. The molecular weight excluding hydrogens is 197 g/mol. The number of carbonyl (C=O) groups is 1. The third-order valence-corrected chi connectivity index (χ3v) is 1.96. The van der Waals surface area contributed by atoms with E-state index in [4.69, 9.17) is 0 Å². The number of fused-ring (bicyclic) bond motifs is 1. The zero-order valence-corrected chi connectivity index (χ0v) is 6.85. The van der Waals surface area contributed by atoms with Gasteiger partial charge in [0.25, 0.3) is 5.91 Å². The van der Waals surface area contributed by atoms with Crippen LogP contribution < -0.4 is 5.32 Å². The Morgan fingerprint density at radius 1 is 1.43 bits per heavy atom. The van der Waals surface area contributed by atoms with Crippen LogP contribution >= 0.6 is 0 Å². The van der Waals surface area contributed by atoms with Crippen LogP contribution in [0.2, 0.25) is 0 Å². The van der Waals surface area contributed by atoms with Gasteiger partial charge in [-0.05, 0) is 6.07 Å². The number of aromatic nitrogens is 1. The molecule has 1 aliphatic rings. The van der Waals surface area contributed by atoms with Gasteiger partial charge in [0, 0.05) is 23.9 Å². The molecule has 1 aromatic rings. The van der Waals surface area contributed by atoms with Crippen molar-refractivity contribution in [1.82, 2.24) is 10.3 Å². The second-order valence-electron chi connectivity index (χ2n) is 2.91. The van der Waals surface area contributed by atoms with Crippen LogP contribution in [0.25, 0.3) is 0 Å². The summed E-state index contributed by atoms with van der Waals surface area (Å²) in [6.45, 7) is 0.249. The van der Waals surface area contributed by atoms with Gasteiger partial charge < -0.3 is 5.32 Å². The topological polar surface area (TPSA) is 42.0 Å². The fourth-order valence-corrected chi connectivity index (χ4v) is 1.26. The highest BCUT2D eigenvalue weighted by Crippen LogP contribution is 2.29. The molecule has 74 valence electrons. The minimum Gasteiger partial charge on any atom is -0.348 e. The highest BCUT2D eigenvalue weighted by molar-refractivity contribution is 5.98. The maximum absolute atomic E-state index is 12.2. The van der Waals surface area contributed by atoms with E-state index < -0.39 is 17.8 Å². The Morgan fingerprint density at radius 3 is 2.79 bits per heavy atom. The molecule has 0 bridgehead atoms. The van der Waals surface area contributed by atoms with E-state index >= 15 is 0 Å². The minimum absolute atomic E-state index is 0.0623. The molecular formula is C8H5F3N2O. The van der Waals surface area contributed by atoms with Crippen molar-refractivity contribution in [1.29, 1.82) is 0 Å². The lowest BCUT2D eigenvalue weighted by molar-refractivity contribution is -0.141.